The lowest BCUT2D eigenvalue weighted by Crippen LogP contribution is -2.46. The number of aliphatic hydroxyl groups is 1. The van der Waals surface area contributed by atoms with Crippen molar-refractivity contribution < 1.29 is 9.84 Å². The largest absolute Gasteiger partial charge is 0.393 e. The van der Waals surface area contributed by atoms with Crippen LogP contribution in [0.1, 0.15) is 30.5 Å². The Balaban J connectivity index is 1.82. The van der Waals surface area contributed by atoms with Crippen molar-refractivity contribution in [2.75, 3.05) is 24.7 Å². The molecular weight excluding hydrogens is 254 g/mol. The standard InChI is InChI=1S/C15H23N3O2/c1-10-8-16-15(17-11(10)2)18-6-3-4-13(18)12-9-20-7-5-14(12)19/h8,12-14,19H,3-7,9H2,1-2H3. The fraction of sp³-hybridized carbons (Fsp3) is 0.733. The first-order valence-corrected chi connectivity index (χ1v) is 7.49. The van der Waals surface area contributed by atoms with Crippen LogP contribution in [0.15, 0.2) is 6.20 Å². The van der Waals surface area contributed by atoms with Gasteiger partial charge in [-0.3, -0.25) is 0 Å². The molecule has 0 aromatic carbocycles. The van der Waals surface area contributed by atoms with Gasteiger partial charge in [0.15, 0.2) is 0 Å². The molecule has 1 N–H and O–H groups in total. The van der Waals surface area contributed by atoms with Gasteiger partial charge < -0.3 is 14.7 Å². The van der Waals surface area contributed by atoms with Crippen LogP contribution in [0.5, 0.6) is 0 Å². The van der Waals surface area contributed by atoms with E-state index in [0.29, 0.717) is 19.3 Å². The third-order valence-electron chi connectivity index (χ3n) is 4.62. The predicted molar refractivity (Wildman–Crippen MR) is 76.8 cm³/mol. The summed E-state index contributed by atoms with van der Waals surface area (Å²) in [4.78, 5) is 11.4. The Morgan fingerprint density at radius 1 is 1.35 bits per heavy atom. The van der Waals surface area contributed by atoms with E-state index >= 15 is 0 Å². The van der Waals surface area contributed by atoms with Crippen molar-refractivity contribution in [2.24, 2.45) is 5.92 Å². The number of aliphatic hydroxyl groups excluding tert-OH is 1. The predicted octanol–water partition coefficient (Wildman–Crippen LogP) is 1.46. The Labute approximate surface area is 120 Å². The second kappa shape index (κ2) is 5.66. The molecule has 0 amide bonds. The zero-order valence-electron chi connectivity index (χ0n) is 12.2. The summed E-state index contributed by atoms with van der Waals surface area (Å²) in [6, 6.07) is 0.299. The van der Waals surface area contributed by atoms with Crippen molar-refractivity contribution in [1.29, 1.82) is 0 Å². The van der Waals surface area contributed by atoms with Crippen molar-refractivity contribution in [1.82, 2.24) is 9.97 Å². The lowest BCUT2D eigenvalue weighted by molar-refractivity contribution is -0.0438. The van der Waals surface area contributed by atoms with Gasteiger partial charge in [-0.15, -0.1) is 0 Å². The highest BCUT2D eigenvalue weighted by molar-refractivity contribution is 5.36. The highest BCUT2D eigenvalue weighted by Crippen LogP contribution is 2.32. The van der Waals surface area contributed by atoms with Crippen LogP contribution >= 0.6 is 0 Å². The minimum Gasteiger partial charge on any atom is -0.393 e. The molecule has 3 heterocycles. The Kier molecular flexibility index (Phi) is 3.89. The van der Waals surface area contributed by atoms with Crippen LogP contribution in [0.25, 0.3) is 0 Å². The maximum absolute atomic E-state index is 10.2. The summed E-state index contributed by atoms with van der Waals surface area (Å²) >= 11 is 0. The zero-order chi connectivity index (χ0) is 14.1. The van der Waals surface area contributed by atoms with Crippen LogP contribution in [0.3, 0.4) is 0 Å². The smallest absolute Gasteiger partial charge is 0.225 e. The molecule has 3 atom stereocenters. The van der Waals surface area contributed by atoms with Crippen LogP contribution in [0.4, 0.5) is 5.95 Å². The van der Waals surface area contributed by atoms with Gasteiger partial charge in [-0.05, 0) is 38.7 Å². The molecule has 0 bridgehead atoms. The third-order valence-corrected chi connectivity index (χ3v) is 4.62. The van der Waals surface area contributed by atoms with Gasteiger partial charge in [0.2, 0.25) is 5.95 Å². The third kappa shape index (κ3) is 2.52. The summed E-state index contributed by atoms with van der Waals surface area (Å²) < 4.78 is 5.56. The molecule has 0 aliphatic carbocycles. The van der Waals surface area contributed by atoms with Crippen LogP contribution in [-0.4, -0.2) is 47.0 Å². The van der Waals surface area contributed by atoms with Gasteiger partial charge in [0.05, 0.1) is 12.7 Å². The summed E-state index contributed by atoms with van der Waals surface area (Å²) in [6.45, 7) is 6.33. The second-order valence-corrected chi connectivity index (χ2v) is 5.94. The van der Waals surface area contributed by atoms with E-state index in [9.17, 15) is 5.11 Å². The van der Waals surface area contributed by atoms with Gasteiger partial charge in [-0.1, -0.05) is 0 Å². The normalized spacial score (nSPS) is 30.8. The highest BCUT2D eigenvalue weighted by atomic mass is 16.5. The first-order chi connectivity index (χ1) is 9.66. The minimum atomic E-state index is -0.263. The summed E-state index contributed by atoms with van der Waals surface area (Å²) in [5.74, 6) is 0.977. The van der Waals surface area contributed by atoms with Crippen LogP contribution in [0.2, 0.25) is 0 Å². The Morgan fingerprint density at radius 3 is 2.95 bits per heavy atom. The molecule has 3 unspecified atom stereocenters. The van der Waals surface area contributed by atoms with Gasteiger partial charge in [-0.2, -0.15) is 0 Å². The van der Waals surface area contributed by atoms with Gasteiger partial charge in [0.25, 0.3) is 0 Å². The number of aryl methyl sites for hydroxylation is 2. The summed E-state index contributed by atoms with van der Waals surface area (Å²) in [5, 5.41) is 10.2. The molecule has 2 saturated heterocycles. The van der Waals surface area contributed by atoms with Gasteiger partial charge in [0.1, 0.15) is 0 Å². The monoisotopic (exact) mass is 277 g/mol. The van der Waals surface area contributed by atoms with Crippen LogP contribution in [0, 0.1) is 19.8 Å². The van der Waals surface area contributed by atoms with Crippen molar-refractivity contribution in [3.8, 4) is 0 Å². The molecule has 0 radical (unpaired) electrons. The fourth-order valence-corrected chi connectivity index (χ4v) is 3.26. The van der Waals surface area contributed by atoms with Crippen molar-refractivity contribution >= 4 is 5.95 Å². The number of nitrogens with zero attached hydrogens (tertiary/aromatic N) is 3. The van der Waals surface area contributed by atoms with E-state index in [1.54, 1.807) is 0 Å². The van der Waals surface area contributed by atoms with E-state index < -0.39 is 0 Å². The molecule has 1 aromatic rings. The van der Waals surface area contributed by atoms with Gasteiger partial charge in [0, 0.05) is 37.0 Å². The van der Waals surface area contributed by atoms with E-state index in [2.05, 4.69) is 14.9 Å². The average Bonchev–Trinajstić information content (AvgIpc) is 2.91. The first kappa shape index (κ1) is 13.8. The summed E-state index contributed by atoms with van der Waals surface area (Å²) in [6.07, 6.45) is 4.58. The number of aromatic nitrogens is 2. The molecule has 2 aliphatic rings. The number of anilines is 1. The molecule has 2 fully saturated rings. The van der Waals surface area contributed by atoms with Crippen molar-refractivity contribution in [3.05, 3.63) is 17.5 Å². The Bertz CT molecular complexity index is 480. The van der Waals surface area contributed by atoms with E-state index in [0.717, 1.165) is 43.0 Å². The lowest BCUT2D eigenvalue weighted by atomic mass is 9.89. The molecular formula is C15H23N3O2. The Hall–Kier alpha value is -1.20. The maximum Gasteiger partial charge on any atom is 0.225 e. The molecule has 20 heavy (non-hydrogen) atoms. The van der Waals surface area contributed by atoms with Gasteiger partial charge >= 0.3 is 0 Å². The van der Waals surface area contributed by atoms with Gasteiger partial charge in [-0.25, -0.2) is 9.97 Å². The van der Waals surface area contributed by atoms with E-state index in [1.165, 1.54) is 0 Å². The lowest BCUT2D eigenvalue weighted by Gasteiger charge is -2.37. The number of rotatable bonds is 2. The van der Waals surface area contributed by atoms with E-state index in [1.807, 2.05) is 20.0 Å². The summed E-state index contributed by atoms with van der Waals surface area (Å²) in [5.41, 5.74) is 2.15. The molecule has 2 aliphatic heterocycles. The number of hydrogen-bond donors (Lipinski definition) is 1. The van der Waals surface area contributed by atoms with Crippen molar-refractivity contribution in [3.63, 3.8) is 0 Å². The molecule has 0 saturated carbocycles. The maximum atomic E-state index is 10.2. The SMILES string of the molecule is Cc1cnc(N2CCCC2C2COCCC2O)nc1C. The summed E-state index contributed by atoms with van der Waals surface area (Å²) in [7, 11) is 0. The molecule has 5 heteroatoms. The number of ether oxygens (including phenoxy) is 1. The van der Waals surface area contributed by atoms with Crippen molar-refractivity contribution in [2.45, 2.75) is 45.3 Å². The molecule has 0 spiro atoms. The topological polar surface area (TPSA) is 58.5 Å². The number of hydrogen-bond acceptors (Lipinski definition) is 5. The molecule has 1 aromatic heterocycles. The fourth-order valence-electron chi connectivity index (χ4n) is 3.26. The average molecular weight is 277 g/mol. The highest BCUT2D eigenvalue weighted by Gasteiger charge is 2.38. The minimum absolute atomic E-state index is 0.177. The van der Waals surface area contributed by atoms with E-state index in [-0.39, 0.29) is 12.0 Å². The van der Waals surface area contributed by atoms with E-state index in [4.69, 9.17) is 4.74 Å². The second-order valence-electron chi connectivity index (χ2n) is 5.94. The quantitative estimate of drug-likeness (QED) is 0.887. The first-order valence-electron chi connectivity index (χ1n) is 7.49. The molecule has 110 valence electrons. The molecule has 3 rings (SSSR count). The zero-order valence-corrected chi connectivity index (χ0v) is 12.2. The molecule has 5 nitrogen and oxygen atoms in total. The Morgan fingerprint density at radius 2 is 2.20 bits per heavy atom. The van der Waals surface area contributed by atoms with Crippen LogP contribution < -0.4 is 4.90 Å². The van der Waals surface area contributed by atoms with Crippen LogP contribution in [-0.2, 0) is 4.74 Å².